The van der Waals surface area contributed by atoms with Gasteiger partial charge in [-0.1, -0.05) is 24.6 Å². The first kappa shape index (κ1) is 15.7. The van der Waals surface area contributed by atoms with Crippen LogP contribution < -0.4 is 0 Å². The van der Waals surface area contributed by atoms with E-state index >= 15 is 0 Å². The molecule has 0 amide bonds. The highest BCUT2D eigenvalue weighted by atomic mass is 16.5. The molecular weight excluding hydrogens is 312 g/mol. The molecule has 0 aliphatic heterocycles. The standard InChI is InChI=1S/C21H20N2O2/c22-13-15-10-11-20-18(12-15)17-8-4-5-9-19(17)23(20)14-21(24)25-16-6-2-1-3-7-16/h4-5,8-12,16H,1-3,6-7,14H2. The summed E-state index contributed by atoms with van der Waals surface area (Å²) in [4.78, 5) is 12.5. The molecule has 1 saturated carbocycles. The lowest BCUT2D eigenvalue weighted by atomic mass is 9.98. The number of ether oxygens (including phenoxy) is 1. The summed E-state index contributed by atoms with van der Waals surface area (Å²) in [6, 6.07) is 15.8. The fourth-order valence-corrected chi connectivity index (χ4v) is 3.83. The van der Waals surface area contributed by atoms with Gasteiger partial charge in [-0.15, -0.1) is 0 Å². The largest absolute Gasteiger partial charge is 0.461 e. The van der Waals surface area contributed by atoms with E-state index in [1.807, 2.05) is 41.0 Å². The van der Waals surface area contributed by atoms with E-state index in [0.29, 0.717) is 5.56 Å². The van der Waals surface area contributed by atoms with Crippen LogP contribution in [0.25, 0.3) is 21.8 Å². The fraction of sp³-hybridized carbons (Fsp3) is 0.333. The number of carbonyl (C=O) groups excluding carboxylic acids is 1. The van der Waals surface area contributed by atoms with E-state index in [9.17, 15) is 10.1 Å². The van der Waals surface area contributed by atoms with Crippen LogP contribution in [0.2, 0.25) is 0 Å². The molecule has 2 aromatic carbocycles. The highest BCUT2D eigenvalue weighted by molar-refractivity contribution is 6.08. The molecule has 25 heavy (non-hydrogen) atoms. The zero-order valence-electron chi connectivity index (χ0n) is 14.1. The maximum Gasteiger partial charge on any atom is 0.326 e. The number of para-hydroxylation sites is 1. The summed E-state index contributed by atoms with van der Waals surface area (Å²) >= 11 is 0. The molecule has 1 aromatic heterocycles. The van der Waals surface area contributed by atoms with Crippen molar-refractivity contribution in [2.75, 3.05) is 0 Å². The van der Waals surface area contributed by atoms with Crippen LogP contribution in [0.5, 0.6) is 0 Å². The van der Waals surface area contributed by atoms with Crippen molar-refractivity contribution in [1.82, 2.24) is 4.57 Å². The van der Waals surface area contributed by atoms with Gasteiger partial charge in [0.2, 0.25) is 0 Å². The van der Waals surface area contributed by atoms with Crippen molar-refractivity contribution in [3.63, 3.8) is 0 Å². The van der Waals surface area contributed by atoms with Crippen LogP contribution in [-0.2, 0) is 16.1 Å². The second-order valence-corrected chi connectivity index (χ2v) is 6.70. The molecule has 1 fully saturated rings. The third-order valence-electron chi connectivity index (χ3n) is 5.04. The van der Waals surface area contributed by atoms with Crippen molar-refractivity contribution >= 4 is 27.8 Å². The topological polar surface area (TPSA) is 55.0 Å². The number of rotatable bonds is 3. The first-order valence-electron chi connectivity index (χ1n) is 8.87. The van der Waals surface area contributed by atoms with Gasteiger partial charge in [-0.25, -0.2) is 0 Å². The Morgan fingerprint density at radius 2 is 1.84 bits per heavy atom. The second kappa shape index (κ2) is 6.60. The lowest BCUT2D eigenvalue weighted by Crippen LogP contribution is -2.23. The van der Waals surface area contributed by atoms with Gasteiger partial charge in [-0.05, 0) is 49.9 Å². The number of benzene rings is 2. The highest BCUT2D eigenvalue weighted by Gasteiger charge is 2.19. The molecule has 0 saturated heterocycles. The smallest absolute Gasteiger partial charge is 0.326 e. The molecule has 0 radical (unpaired) electrons. The Morgan fingerprint density at radius 1 is 1.08 bits per heavy atom. The second-order valence-electron chi connectivity index (χ2n) is 6.70. The minimum Gasteiger partial charge on any atom is -0.461 e. The number of nitrogens with zero attached hydrogens (tertiary/aromatic N) is 2. The quantitative estimate of drug-likeness (QED) is 0.662. The van der Waals surface area contributed by atoms with E-state index in [1.165, 1.54) is 6.42 Å². The number of fused-ring (bicyclic) bond motifs is 3. The van der Waals surface area contributed by atoms with Crippen LogP contribution in [0.3, 0.4) is 0 Å². The predicted octanol–water partition coefficient (Wildman–Crippen LogP) is 4.54. The average Bonchev–Trinajstić information content (AvgIpc) is 2.96. The number of esters is 1. The average molecular weight is 332 g/mol. The molecule has 1 heterocycles. The molecule has 0 spiro atoms. The van der Waals surface area contributed by atoms with Crippen LogP contribution in [0, 0.1) is 11.3 Å². The summed E-state index contributed by atoms with van der Waals surface area (Å²) in [5.41, 5.74) is 2.58. The Bertz CT molecular complexity index is 975. The Balaban J connectivity index is 1.70. The van der Waals surface area contributed by atoms with E-state index in [2.05, 4.69) is 6.07 Å². The normalized spacial score (nSPS) is 15.3. The summed E-state index contributed by atoms with van der Waals surface area (Å²) in [5, 5.41) is 11.2. The Hall–Kier alpha value is -2.80. The number of hydrogen-bond acceptors (Lipinski definition) is 3. The molecule has 4 heteroatoms. The SMILES string of the molecule is N#Cc1ccc2c(c1)c1ccccc1n2CC(=O)OC1CCCCC1. The Morgan fingerprint density at radius 3 is 2.64 bits per heavy atom. The third kappa shape index (κ3) is 2.98. The minimum absolute atomic E-state index is 0.0690. The molecule has 1 aliphatic rings. The summed E-state index contributed by atoms with van der Waals surface area (Å²) in [6.45, 7) is 0.201. The molecule has 0 unspecified atom stereocenters. The van der Waals surface area contributed by atoms with Gasteiger partial charge in [-0.3, -0.25) is 4.79 Å². The van der Waals surface area contributed by atoms with Crippen LogP contribution in [0.15, 0.2) is 42.5 Å². The van der Waals surface area contributed by atoms with Gasteiger partial charge in [0.05, 0.1) is 11.6 Å². The molecule has 0 N–H and O–H groups in total. The number of hydrogen-bond donors (Lipinski definition) is 0. The molecule has 126 valence electrons. The molecule has 3 aromatic rings. The van der Waals surface area contributed by atoms with Crippen molar-refractivity contribution in [3.05, 3.63) is 48.0 Å². The first-order valence-corrected chi connectivity index (χ1v) is 8.87. The maximum atomic E-state index is 12.5. The number of carbonyl (C=O) groups is 1. The monoisotopic (exact) mass is 332 g/mol. The lowest BCUT2D eigenvalue weighted by molar-refractivity contribution is -0.151. The summed E-state index contributed by atoms with van der Waals surface area (Å²) in [7, 11) is 0. The van der Waals surface area contributed by atoms with Gasteiger partial charge < -0.3 is 9.30 Å². The molecule has 0 atom stereocenters. The van der Waals surface area contributed by atoms with Crippen LogP contribution >= 0.6 is 0 Å². The number of nitriles is 1. The third-order valence-corrected chi connectivity index (χ3v) is 5.04. The van der Waals surface area contributed by atoms with Crippen molar-refractivity contribution in [2.24, 2.45) is 0 Å². The summed E-state index contributed by atoms with van der Waals surface area (Å²) in [6.07, 6.45) is 5.55. The van der Waals surface area contributed by atoms with Crippen molar-refractivity contribution in [1.29, 1.82) is 5.26 Å². The molecular formula is C21H20N2O2. The lowest BCUT2D eigenvalue weighted by Gasteiger charge is -2.22. The fourth-order valence-electron chi connectivity index (χ4n) is 3.83. The van der Waals surface area contributed by atoms with Crippen molar-refractivity contribution in [2.45, 2.75) is 44.8 Å². The van der Waals surface area contributed by atoms with E-state index in [0.717, 1.165) is 47.5 Å². The van der Waals surface area contributed by atoms with Crippen LogP contribution in [0.4, 0.5) is 0 Å². The molecule has 4 nitrogen and oxygen atoms in total. The minimum atomic E-state index is -0.182. The van der Waals surface area contributed by atoms with Crippen LogP contribution in [0.1, 0.15) is 37.7 Å². The van der Waals surface area contributed by atoms with Crippen molar-refractivity contribution < 1.29 is 9.53 Å². The molecule has 4 rings (SSSR count). The van der Waals surface area contributed by atoms with Gasteiger partial charge in [-0.2, -0.15) is 5.26 Å². The van der Waals surface area contributed by atoms with Gasteiger partial charge in [0, 0.05) is 21.8 Å². The van der Waals surface area contributed by atoms with Gasteiger partial charge in [0.1, 0.15) is 12.6 Å². The zero-order valence-corrected chi connectivity index (χ0v) is 14.1. The highest BCUT2D eigenvalue weighted by Crippen LogP contribution is 2.30. The Kier molecular flexibility index (Phi) is 4.15. The van der Waals surface area contributed by atoms with Gasteiger partial charge in [0.15, 0.2) is 0 Å². The van der Waals surface area contributed by atoms with Crippen LogP contribution in [-0.4, -0.2) is 16.6 Å². The van der Waals surface area contributed by atoms with Crippen molar-refractivity contribution in [3.8, 4) is 6.07 Å². The van der Waals surface area contributed by atoms with E-state index < -0.39 is 0 Å². The molecule has 1 aliphatic carbocycles. The summed E-state index contributed by atoms with van der Waals surface area (Å²) in [5.74, 6) is -0.182. The van der Waals surface area contributed by atoms with E-state index in [4.69, 9.17) is 4.74 Å². The summed E-state index contributed by atoms with van der Waals surface area (Å²) < 4.78 is 7.69. The molecule has 0 bridgehead atoms. The Labute approximate surface area is 146 Å². The van der Waals surface area contributed by atoms with E-state index in [-0.39, 0.29) is 18.6 Å². The maximum absolute atomic E-state index is 12.5. The van der Waals surface area contributed by atoms with E-state index in [1.54, 1.807) is 6.07 Å². The predicted molar refractivity (Wildman–Crippen MR) is 97.1 cm³/mol. The number of aromatic nitrogens is 1. The zero-order chi connectivity index (χ0) is 17.2. The first-order chi connectivity index (χ1) is 12.3. The van der Waals surface area contributed by atoms with Gasteiger partial charge in [0.25, 0.3) is 0 Å². The van der Waals surface area contributed by atoms with Gasteiger partial charge >= 0.3 is 5.97 Å².